The van der Waals surface area contributed by atoms with Gasteiger partial charge in [-0.1, -0.05) is 18.2 Å². The van der Waals surface area contributed by atoms with Crippen molar-refractivity contribution < 1.29 is 9.18 Å². The summed E-state index contributed by atoms with van der Waals surface area (Å²) in [4.78, 5) is 17.6. The lowest BCUT2D eigenvalue weighted by atomic mass is 10.2. The first-order valence-corrected chi connectivity index (χ1v) is 10.2. The van der Waals surface area contributed by atoms with E-state index in [1.165, 1.54) is 23.5 Å². The number of nitrogens with zero attached hydrogens (tertiary/aromatic N) is 2. The Kier molecular flexibility index (Phi) is 5.69. The maximum absolute atomic E-state index is 13.0. The van der Waals surface area contributed by atoms with Crippen LogP contribution in [0.2, 0.25) is 0 Å². The van der Waals surface area contributed by atoms with Gasteiger partial charge in [-0.25, -0.2) is 4.39 Å². The summed E-state index contributed by atoms with van der Waals surface area (Å²) in [5, 5.41) is 4.83. The minimum Gasteiger partial charge on any atom is -0.369 e. The zero-order valence-electron chi connectivity index (χ0n) is 15.5. The van der Waals surface area contributed by atoms with Crippen molar-refractivity contribution in [3.63, 3.8) is 0 Å². The molecule has 6 heteroatoms. The Morgan fingerprint density at radius 2 is 1.68 bits per heavy atom. The van der Waals surface area contributed by atoms with Gasteiger partial charge >= 0.3 is 0 Å². The summed E-state index contributed by atoms with van der Waals surface area (Å²) < 4.78 is 13.0. The molecule has 1 aliphatic rings. The van der Waals surface area contributed by atoms with Gasteiger partial charge in [-0.3, -0.25) is 9.69 Å². The van der Waals surface area contributed by atoms with Gasteiger partial charge in [-0.05, 0) is 53.4 Å². The molecule has 4 nitrogen and oxygen atoms in total. The minimum absolute atomic E-state index is 0.0721. The number of hydrogen-bond donors (Lipinski definition) is 1. The van der Waals surface area contributed by atoms with E-state index in [9.17, 15) is 9.18 Å². The molecule has 0 aliphatic carbocycles. The molecule has 0 saturated carbocycles. The molecule has 0 unspecified atom stereocenters. The maximum atomic E-state index is 13.0. The number of nitrogens with one attached hydrogen (secondary N) is 1. The molecule has 0 atom stereocenters. The SMILES string of the molecule is O=C(Nc1ccc(N2CCN(Cc3ccc(F)cc3)CC2)cc1)c1cccs1. The molecule has 2 aromatic carbocycles. The zero-order valence-corrected chi connectivity index (χ0v) is 16.3. The summed E-state index contributed by atoms with van der Waals surface area (Å²) in [7, 11) is 0. The highest BCUT2D eigenvalue weighted by Crippen LogP contribution is 2.21. The number of halogens is 1. The van der Waals surface area contributed by atoms with Crippen LogP contribution in [0.1, 0.15) is 15.2 Å². The summed E-state index contributed by atoms with van der Waals surface area (Å²) in [6.45, 7) is 4.68. The van der Waals surface area contributed by atoms with Crippen LogP contribution in [0.5, 0.6) is 0 Å². The van der Waals surface area contributed by atoms with Crippen molar-refractivity contribution in [3.8, 4) is 0 Å². The molecule has 28 heavy (non-hydrogen) atoms. The van der Waals surface area contributed by atoms with E-state index in [1.807, 2.05) is 41.8 Å². The van der Waals surface area contributed by atoms with Crippen molar-refractivity contribution in [2.24, 2.45) is 0 Å². The first kappa shape index (κ1) is 18.7. The number of carbonyl (C=O) groups excluding carboxylic acids is 1. The Hall–Kier alpha value is -2.70. The Morgan fingerprint density at radius 3 is 2.32 bits per heavy atom. The molecule has 4 rings (SSSR count). The molecule has 1 amide bonds. The lowest BCUT2D eigenvalue weighted by Gasteiger charge is -2.36. The number of carbonyl (C=O) groups is 1. The van der Waals surface area contributed by atoms with Gasteiger partial charge in [-0.15, -0.1) is 11.3 Å². The van der Waals surface area contributed by atoms with E-state index in [4.69, 9.17) is 0 Å². The number of rotatable bonds is 5. The van der Waals surface area contributed by atoms with Crippen LogP contribution in [0.4, 0.5) is 15.8 Å². The largest absolute Gasteiger partial charge is 0.369 e. The normalized spacial score (nSPS) is 14.8. The van der Waals surface area contributed by atoms with Crippen molar-refractivity contribution in [1.29, 1.82) is 0 Å². The van der Waals surface area contributed by atoms with Crippen LogP contribution in [-0.2, 0) is 6.54 Å². The fourth-order valence-corrected chi connectivity index (χ4v) is 3.99. The van der Waals surface area contributed by atoms with E-state index in [0.717, 1.165) is 49.7 Å². The molecule has 1 saturated heterocycles. The van der Waals surface area contributed by atoms with Crippen LogP contribution in [0.3, 0.4) is 0 Å². The van der Waals surface area contributed by atoms with Gasteiger partial charge in [0.25, 0.3) is 5.91 Å². The summed E-state index contributed by atoms with van der Waals surface area (Å²) in [5.74, 6) is -0.263. The van der Waals surface area contributed by atoms with Gasteiger partial charge in [0.05, 0.1) is 4.88 Å². The Labute approximate surface area is 168 Å². The van der Waals surface area contributed by atoms with Gasteiger partial charge in [0, 0.05) is 44.1 Å². The number of hydrogen-bond acceptors (Lipinski definition) is 4. The molecule has 0 bridgehead atoms. The quantitative estimate of drug-likeness (QED) is 0.693. The summed E-state index contributed by atoms with van der Waals surface area (Å²) in [5.41, 5.74) is 3.10. The zero-order chi connectivity index (χ0) is 19.3. The molecule has 1 aliphatic heterocycles. The van der Waals surface area contributed by atoms with Crippen LogP contribution in [0.15, 0.2) is 66.0 Å². The van der Waals surface area contributed by atoms with Crippen LogP contribution < -0.4 is 10.2 Å². The Bertz CT molecular complexity index is 902. The highest BCUT2D eigenvalue weighted by Gasteiger charge is 2.17. The Morgan fingerprint density at radius 1 is 0.964 bits per heavy atom. The van der Waals surface area contributed by atoms with Crippen molar-refractivity contribution in [2.45, 2.75) is 6.54 Å². The van der Waals surface area contributed by atoms with Gasteiger partial charge < -0.3 is 10.2 Å². The number of benzene rings is 2. The topological polar surface area (TPSA) is 35.6 Å². The minimum atomic E-state index is -0.191. The van der Waals surface area contributed by atoms with Crippen molar-refractivity contribution in [3.05, 3.63) is 82.3 Å². The van der Waals surface area contributed by atoms with Gasteiger partial charge in [-0.2, -0.15) is 0 Å². The fraction of sp³-hybridized carbons (Fsp3) is 0.227. The maximum Gasteiger partial charge on any atom is 0.265 e. The lowest BCUT2D eigenvalue weighted by molar-refractivity contribution is 0.103. The molecule has 1 aromatic heterocycles. The second kappa shape index (κ2) is 8.54. The van der Waals surface area contributed by atoms with Crippen molar-refractivity contribution in [2.75, 3.05) is 36.4 Å². The first-order valence-electron chi connectivity index (χ1n) is 9.34. The second-order valence-corrected chi connectivity index (χ2v) is 7.82. The number of anilines is 2. The number of amides is 1. The molecule has 3 aromatic rings. The average Bonchev–Trinajstić information content (AvgIpc) is 3.26. The van der Waals surface area contributed by atoms with E-state index < -0.39 is 0 Å². The molecule has 0 radical (unpaired) electrons. The van der Waals surface area contributed by atoms with Crippen molar-refractivity contribution in [1.82, 2.24) is 4.90 Å². The Balaban J connectivity index is 1.29. The smallest absolute Gasteiger partial charge is 0.265 e. The standard InChI is InChI=1S/C22H22FN3OS/c23-18-5-3-17(4-6-18)16-25-11-13-26(14-12-25)20-9-7-19(8-10-20)24-22(27)21-2-1-15-28-21/h1-10,15H,11-14,16H2,(H,24,27). The lowest BCUT2D eigenvalue weighted by Crippen LogP contribution is -2.45. The van der Waals surface area contributed by atoms with E-state index in [1.54, 1.807) is 0 Å². The highest BCUT2D eigenvalue weighted by molar-refractivity contribution is 7.12. The molecule has 0 spiro atoms. The van der Waals surface area contributed by atoms with Gasteiger partial charge in [0.2, 0.25) is 0 Å². The van der Waals surface area contributed by atoms with Crippen LogP contribution in [-0.4, -0.2) is 37.0 Å². The third kappa shape index (κ3) is 4.58. The van der Waals surface area contributed by atoms with E-state index in [0.29, 0.717) is 4.88 Å². The molecule has 1 fully saturated rings. The third-order valence-corrected chi connectivity index (χ3v) is 5.80. The predicted octanol–water partition coefficient (Wildman–Crippen LogP) is 4.46. The molecular formula is C22H22FN3OS. The number of thiophene rings is 1. The van der Waals surface area contributed by atoms with E-state index in [2.05, 4.69) is 27.2 Å². The number of piperazine rings is 1. The van der Waals surface area contributed by atoms with E-state index >= 15 is 0 Å². The van der Waals surface area contributed by atoms with Gasteiger partial charge in [0.15, 0.2) is 0 Å². The molecule has 1 N–H and O–H groups in total. The monoisotopic (exact) mass is 395 g/mol. The average molecular weight is 396 g/mol. The third-order valence-electron chi connectivity index (χ3n) is 4.93. The molecule has 144 valence electrons. The second-order valence-electron chi connectivity index (χ2n) is 6.87. The first-order chi connectivity index (χ1) is 13.7. The van der Waals surface area contributed by atoms with Gasteiger partial charge in [0.1, 0.15) is 5.82 Å². The molecular weight excluding hydrogens is 373 g/mol. The predicted molar refractivity (Wildman–Crippen MR) is 113 cm³/mol. The summed E-state index contributed by atoms with van der Waals surface area (Å²) in [6.07, 6.45) is 0. The van der Waals surface area contributed by atoms with E-state index in [-0.39, 0.29) is 11.7 Å². The van der Waals surface area contributed by atoms with Crippen molar-refractivity contribution >= 4 is 28.6 Å². The van der Waals surface area contributed by atoms with Crippen LogP contribution >= 0.6 is 11.3 Å². The fourth-order valence-electron chi connectivity index (χ4n) is 3.37. The highest BCUT2D eigenvalue weighted by atomic mass is 32.1. The summed E-state index contributed by atoms with van der Waals surface area (Å²) >= 11 is 1.43. The molecule has 2 heterocycles. The van der Waals surface area contributed by atoms with Crippen LogP contribution in [0, 0.1) is 5.82 Å². The van der Waals surface area contributed by atoms with Crippen LogP contribution in [0.25, 0.3) is 0 Å². The summed E-state index contributed by atoms with van der Waals surface area (Å²) in [6, 6.07) is 18.4.